The van der Waals surface area contributed by atoms with Crippen molar-refractivity contribution in [1.29, 1.82) is 0 Å². The van der Waals surface area contributed by atoms with E-state index in [9.17, 15) is 13.2 Å². The number of carbonyl (C=O) groups is 1. The van der Waals surface area contributed by atoms with Crippen LogP contribution in [0.1, 0.15) is 37.7 Å². The molecule has 0 saturated carbocycles. The highest BCUT2D eigenvalue weighted by molar-refractivity contribution is 7.89. The van der Waals surface area contributed by atoms with E-state index >= 15 is 0 Å². The standard InChI is InChI=1S/C21H30N4O3S/c1-18-4-7-20(8-5-18)29(27,28)25-16-10-19(11-17-25)6-9-21(26)22-12-2-14-24-15-3-13-23-24/h3-5,7-8,13,15,19H,2,6,9-12,14,16-17H2,1H3,(H,22,26). The maximum atomic E-state index is 12.8. The summed E-state index contributed by atoms with van der Waals surface area (Å²) in [6, 6.07) is 8.89. The normalized spacial score (nSPS) is 16.0. The molecule has 1 saturated heterocycles. The van der Waals surface area contributed by atoms with Crippen molar-refractivity contribution in [1.82, 2.24) is 19.4 Å². The Morgan fingerprint density at radius 1 is 1.21 bits per heavy atom. The highest BCUT2D eigenvalue weighted by atomic mass is 32.2. The number of rotatable bonds is 9. The summed E-state index contributed by atoms with van der Waals surface area (Å²) in [5.41, 5.74) is 1.04. The predicted octanol–water partition coefficient (Wildman–Crippen LogP) is 2.58. The highest BCUT2D eigenvalue weighted by Crippen LogP contribution is 2.26. The van der Waals surface area contributed by atoms with E-state index in [0.29, 0.717) is 36.9 Å². The van der Waals surface area contributed by atoms with Gasteiger partial charge in [0.1, 0.15) is 0 Å². The second-order valence-corrected chi connectivity index (χ2v) is 9.61. The molecule has 0 aliphatic carbocycles. The van der Waals surface area contributed by atoms with Crippen LogP contribution in [-0.4, -0.2) is 48.0 Å². The zero-order valence-electron chi connectivity index (χ0n) is 17.0. The van der Waals surface area contributed by atoms with E-state index in [2.05, 4.69) is 10.4 Å². The van der Waals surface area contributed by atoms with Crippen LogP contribution >= 0.6 is 0 Å². The van der Waals surface area contributed by atoms with Gasteiger partial charge in [-0.2, -0.15) is 9.40 Å². The number of nitrogens with zero attached hydrogens (tertiary/aromatic N) is 3. The number of hydrogen-bond donors (Lipinski definition) is 1. The molecule has 0 bridgehead atoms. The Labute approximate surface area is 173 Å². The Bertz CT molecular complexity index is 871. The molecule has 1 aromatic carbocycles. The van der Waals surface area contributed by atoms with E-state index in [1.807, 2.05) is 36.0 Å². The quantitative estimate of drug-likeness (QED) is 0.635. The van der Waals surface area contributed by atoms with Crippen molar-refractivity contribution in [3.8, 4) is 0 Å². The van der Waals surface area contributed by atoms with Gasteiger partial charge in [0.15, 0.2) is 0 Å². The van der Waals surface area contributed by atoms with E-state index in [0.717, 1.165) is 37.8 Å². The molecule has 1 N–H and O–H groups in total. The molecule has 2 heterocycles. The van der Waals surface area contributed by atoms with Crippen molar-refractivity contribution in [2.24, 2.45) is 5.92 Å². The van der Waals surface area contributed by atoms with Crippen molar-refractivity contribution in [3.63, 3.8) is 0 Å². The van der Waals surface area contributed by atoms with Gasteiger partial charge < -0.3 is 5.32 Å². The van der Waals surface area contributed by atoms with E-state index in [1.54, 1.807) is 22.6 Å². The molecule has 0 unspecified atom stereocenters. The number of benzene rings is 1. The Hall–Kier alpha value is -2.19. The summed E-state index contributed by atoms with van der Waals surface area (Å²) in [5.74, 6) is 0.467. The highest BCUT2D eigenvalue weighted by Gasteiger charge is 2.29. The smallest absolute Gasteiger partial charge is 0.243 e. The monoisotopic (exact) mass is 418 g/mol. The molecule has 1 amide bonds. The molecule has 0 radical (unpaired) electrons. The van der Waals surface area contributed by atoms with E-state index in [4.69, 9.17) is 0 Å². The number of amides is 1. The summed E-state index contributed by atoms with van der Waals surface area (Å²) in [7, 11) is -3.42. The molecule has 158 valence electrons. The van der Waals surface area contributed by atoms with Gasteiger partial charge in [-0.1, -0.05) is 17.7 Å². The summed E-state index contributed by atoms with van der Waals surface area (Å²) in [6.07, 6.45) is 7.42. The van der Waals surface area contributed by atoms with E-state index in [-0.39, 0.29) is 5.91 Å². The number of aromatic nitrogens is 2. The number of sulfonamides is 1. The second kappa shape index (κ2) is 10.0. The minimum Gasteiger partial charge on any atom is -0.356 e. The first kappa shape index (κ1) is 21.5. The fourth-order valence-corrected chi connectivity index (χ4v) is 5.09. The first-order chi connectivity index (χ1) is 13.9. The summed E-state index contributed by atoms with van der Waals surface area (Å²) >= 11 is 0. The zero-order valence-corrected chi connectivity index (χ0v) is 17.8. The Kier molecular flexibility index (Phi) is 7.44. The molecular formula is C21H30N4O3S. The Morgan fingerprint density at radius 3 is 2.59 bits per heavy atom. The second-order valence-electron chi connectivity index (χ2n) is 7.67. The van der Waals surface area contributed by atoms with Crippen LogP contribution in [0.4, 0.5) is 0 Å². The number of hydrogen-bond acceptors (Lipinski definition) is 4. The summed E-state index contributed by atoms with van der Waals surface area (Å²) in [6.45, 7) is 4.42. The average molecular weight is 419 g/mol. The van der Waals surface area contributed by atoms with Crippen LogP contribution in [0.3, 0.4) is 0 Å². The lowest BCUT2D eigenvalue weighted by atomic mass is 9.93. The lowest BCUT2D eigenvalue weighted by Crippen LogP contribution is -2.38. The number of nitrogens with one attached hydrogen (secondary N) is 1. The molecule has 1 aliphatic heterocycles. The summed E-state index contributed by atoms with van der Waals surface area (Å²) in [5, 5.41) is 7.09. The maximum Gasteiger partial charge on any atom is 0.243 e. The predicted molar refractivity (Wildman–Crippen MR) is 112 cm³/mol. The van der Waals surface area contributed by atoms with Gasteiger partial charge in [-0.3, -0.25) is 9.48 Å². The van der Waals surface area contributed by atoms with Crippen LogP contribution < -0.4 is 5.32 Å². The zero-order chi connectivity index (χ0) is 20.7. The van der Waals surface area contributed by atoms with Crippen molar-refractivity contribution >= 4 is 15.9 Å². The van der Waals surface area contributed by atoms with Crippen LogP contribution in [0.15, 0.2) is 47.6 Å². The topological polar surface area (TPSA) is 84.3 Å². The fourth-order valence-electron chi connectivity index (χ4n) is 3.62. The van der Waals surface area contributed by atoms with Crippen LogP contribution in [-0.2, 0) is 21.4 Å². The first-order valence-electron chi connectivity index (χ1n) is 10.3. The van der Waals surface area contributed by atoms with Gasteiger partial charge in [-0.05, 0) is 56.7 Å². The van der Waals surface area contributed by atoms with Gasteiger partial charge in [0.2, 0.25) is 15.9 Å². The lowest BCUT2D eigenvalue weighted by molar-refractivity contribution is -0.121. The molecule has 8 heteroatoms. The van der Waals surface area contributed by atoms with Crippen LogP contribution in [0.25, 0.3) is 0 Å². The third-order valence-corrected chi connectivity index (χ3v) is 7.37. The van der Waals surface area contributed by atoms with Crippen molar-refractivity contribution in [2.75, 3.05) is 19.6 Å². The van der Waals surface area contributed by atoms with Crippen molar-refractivity contribution in [3.05, 3.63) is 48.3 Å². The molecule has 1 fully saturated rings. The fraction of sp³-hybridized carbons (Fsp3) is 0.524. The molecule has 3 rings (SSSR count). The van der Waals surface area contributed by atoms with Crippen molar-refractivity contribution in [2.45, 2.75) is 50.5 Å². The van der Waals surface area contributed by atoms with Gasteiger partial charge in [-0.15, -0.1) is 0 Å². The van der Waals surface area contributed by atoms with Crippen LogP contribution in [0, 0.1) is 12.8 Å². The average Bonchev–Trinajstić information content (AvgIpc) is 3.24. The van der Waals surface area contributed by atoms with Gasteiger partial charge in [-0.25, -0.2) is 8.42 Å². The molecule has 2 aromatic rings. The van der Waals surface area contributed by atoms with Gasteiger partial charge in [0.25, 0.3) is 0 Å². The molecule has 7 nitrogen and oxygen atoms in total. The summed E-state index contributed by atoms with van der Waals surface area (Å²) in [4.78, 5) is 12.4. The number of aryl methyl sites for hydroxylation is 2. The number of piperidine rings is 1. The van der Waals surface area contributed by atoms with Gasteiger partial charge in [0, 0.05) is 45.0 Å². The lowest BCUT2D eigenvalue weighted by Gasteiger charge is -2.31. The molecule has 0 atom stereocenters. The largest absolute Gasteiger partial charge is 0.356 e. The SMILES string of the molecule is Cc1ccc(S(=O)(=O)N2CCC(CCC(=O)NCCCn3cccn3)CC2)cc1. The third kappa shape index (κ3) is 6.14. The number of carbonyl (C=O) groups excluding carboxylic acids is 1. The molecular weight excluding hydrogens is 388 g/mol. The Morgan fingerprint density at radius 2 is 1.93 bits per heavy atom. The minimum absolute atomic E-state index is 0.0696. The Balaban J connectivity index is 1.35. The van der Waals surface area contributed by atoms with Gasteiger partial charge in [0.05, 0.1) is 4.90 Å². The first-order valence-corrected chi connectivity index (χ1v) is 11.7. The third-order valence-electron chi connectivity index (χ3n) is 5.46. The maximum absolute atomic E-state index is 12.8. The molecule has 0 spiro atoms. The van der Waals surface area contributed by atoms with Crippen LogP contribution in [0.5, 0.6) is 0 Å². The minimum atomic E-state index is -3.42. The van der Waals surface area contributed by atoms with E-state index < -0.39 is 10.0 Å². The molecule has 1 aliphatic rings. The van der Waals surface area contributed by atoms with E-state index in [1.165, 1.54) is 0 Å². The van der Waals surface area contributed by atoms with Crippen LogP contribution in [0.2, 0.25) is 0 Å². The molecule has 1 aromatic heterocycles. The summed E-state index contributed by atoms with van der Waals surface area (Å²) < 4.78 is 28.9. The van der Waals surface area contributed by atoms with Gasteiger partial charge >= 0.3 is 0 Å². The van der Waals surface area contributed by atoms with Crippen molar-refractivity contribution < 1.29 is 13.2 Å². The molecule has 29 heavy (non-hydrogen) atoms.